The third-order valence-corrected chi connectivity index (χ3v) is 6.11. The summed E-state index contributed by atoms with van der Waals surface area (Å²) >= 11 is 1.84. The van der Waals surface area contributed by atoms with Crippen LogP contribution in [0.15, 0.2) is 35.7 Å². The van der Waals surface area contributed by atoms with E-state index in [4.69, 9.17) is 0 Å². The molecule has 1 amide bonds. The third kappa shape index (κ3) is 4.73. The highest BCUT2D eigenvalue weighted by atomic mass is 32.1. The van der Waals surface area contributed by atoms with Crippen molar-refractivity contribution in [1.29, 1.82) is 0 Å². The summed E-state index contributed by atoms with van der Waals surface area (Å²) in [5.74, 6) is -0.191. The number of benzene rings is 1. The number of fused-ring (bicyclic) bond motifs is 1. The molecule has 1 aliphatic rings. The zero-order chi connectivity index (χ0) is 19.2. The first-order valence-corrected chi connectivity index (χ1v) is 10.3. The molecule has 0 radical (unpaired) electrons. The highest BCUT2D eigenvalue weighted by Gasteiger charge is 2.27. The van der Waals surface area contributed by atoms with E-state index < -0.39 is 4.92 Å². The second kappa shape index (κ2) is 9.10. The molecule has 2 heterocycles. The summed E-state index contributed by atoms with van der Waals surface area (Å²) in [6, 6.07) is 8.40. The average Bonchev–Trinajstić information content (AvgIpc) is 3.15. The molecule has 1 N–H and O–H groups in total. The Morgan fingerprint density at radius 3 is 2.81 bits per heavy atom. The van der Waals surface area contributed by atoms with E-state index in [-0.39, 0.29) is 11.6 Å². The number of carbonyl (C=O) groups excluding carboxylic acids is 1. The number of hydrogen-bond donors (Lipinski definition) is 1. The van der Waals surface area contributed by atoms with Crippen LogP contribution < -0.4 is 5.32 Å². The fraction of sp³-hybridized carbons (Fsp3) is 0.450. The molecule has 2 aromatic rings. The minimum atomic E-state index is -0.465. The second-order valence-electron chi connectivity index (χ2n) is 6.81. The van der Waals surface area contributed by atoms with Gasteiger partial charge in [0.15, 0.2) is 0 Å². The van der Waals surface area contributed by atoms with Crippen molar-refractivity contribution in [3.63, 3.8) is 0 Å². The van der Waals surface area contributed by atoms with Crippen molar-refractivity contribution in [3.8, 4) is 0 Å². The van der Waals surface area contributed by atoms with Crippen LogP contribution in [0.5, 0.6) is 0 Å². The molecule has 6 nitrogen and oxygen atoms in total. The Balaban J connectivity index is 1.55. The summed E-state index contributed by atoms with van der Waals surface area (Å²) in [4.78, 5) is 26.5. The summed E-state index contributed by atoms with van der Waals surface area (Å²) < 4.78 is 0. The Kier molecular flexibility index (Phi) is 6.58. The van der Waals surface area contributed by atoms with E-state index in [9.17, 15) is 14.9 Å². The molecular weight excluding hydrogens is 362 g/mol. The van der Waals surface area contributed by atoms with Gasteiger partial charge < -0.3 is 5.32 Å². The van der Waals surface area contributed by atoms with Gasteiger partial charge in [-0.05, 0) is 42.0 Å². The summed E-state index contributed by atoms with van der Waals surface area (Å²) in [5.41, 5.74) is 1.92. The van der Waals surface area contributed by atoms with E-state index in [0.29, 0.717) is 18.2 Å². The molecule has 0 bridgehead atoms. The number of carbonyl (C=O) groups is 1. The van der Waals surface area contributed by atoms with Gasteiger partial charge in [-0.2, -0.15) is 0 Å². The minimum Gasteiger partial charge on any atom is -0.351 e. The van der Waals surface area contributed by atoms with Crippen LogP contribution >= 0.6 is 11.3 Å². The number of rotatable bonds is 8. The molecule has 1 atom stereocenters. The molecule has 1 aromatic carbocycles. The molecule has 0 spiro atoms. The number of nitrogens with zero attached hydrogens (tertiary/aromatic N) is 2. The lowest BCUT2D eigenvalue weighted by Gasteiger charge is -2.35. The van der Waals surface area contributed by atoms with Gasteiger partial charge in [0.25, 0.3) is 11.6 Å². The van der Waals surface area contributed by atoms with E-state index in [0.717, 1.165) is 25.9 Å². The van der Waals surface area contributed by atoms with E-state index in [1.165, 1.54) is 47.5 Å². The average molecular weight is 388 g/mol. The SMILES string of the molecule is CCCCC1c2sccc2CCN1CCNC(=O)c1ccc([N+](=O)[O-])cc1. The van der Waals surface area contributed by atoms with Crippen molar-refractivity contribution in [1.82, 2.24) is 10.2 Å². The Bertz CT molecular complexity index is 788. The number of thiophene rings is 1. The molecule has 1 aromatic heterocycles. The highest BCUT2D eigenvalue weighted by Crippen LogP contribution is 2.36. The van der Waals surface area contributed by atoms with Crippen LogP contribution in [0, 0.1) is 10.1 Å². The quantitative estimate of drug-likeness (QED) is 0.545. The van der Waals surface area contributed by atoms with Crippen LogP contribution in [-0.2, 0) is 6.42 Å². The zero-order valence-corrected chi connectivity index (χ0v) is 16.3. The van der Waals surface area contributed by atoms with Crippen LogP contribution in [0.4, 0.5) is 5.69 Å². The van der Waals surface area contributed by atoms with Gasteiger partial charge in [0.05, 0.1) is 4.92 Å². The van der Waals surface area contributed by atoms with E-state index in [2.05, 4.69) is 28.6 Å². The maximum Gasteiger partial charge on any atom is 0.269 e. The summed E-state index contributed by atoms with van der Waals surface area (Å²) in [5, 5.41) is 15.8. The number of unbranched alkanes of at least 4 members (excludes halogenated alkanes) is 1. The third-order valence-electron chi connectivity index (χ3n) is 5.05. The zero-order valence-electron chi connectivity index (χ0n) is 15.5. The van der Waals surface area contributed by atoms with E-state index in [1.807, 2.05) is 11.3 Å². The standard InChI is InChI=1S/C20H25N3O3S/c1-2-3-4-18-19-15(10-14-27-19)9-12-22(18)13-11-21-20(24)16-5-7-17(8-6-16)23(25)26/h5-8,10,14,18H,2-4,9,11-13H2,1H3,(H,21,24). The number of hydrogen-bond acceptors (Lipinski definition) is 5. The van der Waals surface area contributed by atoms with Crippen LogP contribution in [-0.4, -0.2) is 35.4 Å². The second-order valence-corrected chi connectivity index (χ2v) is 7.76. The monoisotopic (exact) mass is 387 g/mol. The first-order valence-electron chi connectivity index (χ1n) is 9.43. The lowest BCUT2D eigenvalue weighted by Crippen LogP contribution is -2.40. The fourth-order valence-electron chi connectivity index (χ4n) is 3.56. The van der Waals surface area contributed by atoms with Crippen molar-refractivity contribution in [2.45, 2.75) is 38.6 Å². The lowest BCUT2D eigenvalue weighted by molar-refractivity contribution is -0.384. The Hall–Kier alpha value is -2.25. The first-order chi connectivity index (χ1) is 13.1. The lowest BCUT2D eigenvalue weighted by atomic mass is 9.97. The van der Waals surface area contributed by atoms with Gasteiger partial charge in [-0.1, -0.05) is 19.8 Å². The van der Waals surface area contributed by atoms with Crippen LogP contribution in [0.3, 0.4) is 0 Å². The van der Waals surface area contributed by atoms with Crippen molar-refractivity contribution >= 4 is 22.9 Å². The van der Waals surface area contributed by atoms with Crippen LogP contribution in [0.1, 0.15) is 53.0 Å². The van der Waals surface area contributed by atoms with Crippen LogP contribution in [0.2, 0.25) is 0 Å². The molecule has 3 rings (SSSR count). The van der Waals surface area contributed by atoms with Gasteiger partial charge in [-0.25, -0.2) is 0 Å². The Labute approximate surface area is 163 Å². The molecule has 0 fully saturated rings. The number of nitro benzene ring substituents is 1. The predicted octanol–water partition coefficient (Wildman–Crippen LogP) is 4.18. The van der Waals surface area contributed by atoms with E-state index in [1.54, 1.807) is 0 Å². The number of nitro groups is 1. The Morgan fingerprint density at radius 2 is 2.11 bits per heavy atom. The van der Waals surface area contributed by atoms with Gasteiger partial charge >= 0.3 is 0 Å². The normalized spacial score (nSPS) is 16.7. The summed E-state index contributed by atoms with van der Waals surface area (Å²) in [6.07, 6.45) is 4.60. The number of amides is 1. The molecule has 144 valence electrons. The number of nitrogens with one attached hydrogen (secondary N) is 1. The fourth-order valence-corrected chi connectivity index (χ4v) is 4.68. The van der Waals surface area contributed by atoms with Crippen molar-refractivity contribution in [3.05, 3.63) is 61.8 Å². The van der Waals surface area contributed by atoms with Gasteiger partial charge in [-0.3, -0.25) is 19.8 Å². The smallest absolute Gasteiger partial charge is 0.269 e. The van der Waals surface area contributed by atoms with Crippen molar-refractivity contribution in [2.75, 3.05) is 19.6 Å². The maximum atomic E-state index is 12.3. The summed E-state index contributed by atoms with van der Waals surface area (Å²) in [6.45, 7) is 4.61. The molecule has 0 saturated carbocycles. The topological polar surface area (TPSA) is 75.5 Å². The molecule has 0 aliphatic carbocycles. The predicted molar refractivity (Wildman–Crippen MR) is 107 cm³/mol. The molecule has 27 heavy (non-hydrogen) atoms. The van der Waals surface area contributed by atoms with Gasteiger partial charge in [0.2, 0.25) is 0 Å². The molecule has 1 aliphatic heterocycles. The first kappa shape index (κ1) is 19.5. The summed E-state index contributed by atoms with van der Waals surface area (Å²) in [7, 11) is 0. The molecular formula is C20H25N3O3S. The number of non-ortho nitro benzene ring substituents is 1. The molecule has 1 unspecified atom stereocenters. The van der Waals surface area contributed by atoms with Gasteiger partial charge in [0.1, 0.15) is 0 Å². The van der Waals surface area contributed by atoms with E-state index >= 15 is 0 Å². The largest absolute Gasteiger partial charge is 0.351 e. The van der Waals surface area contributed by atoms with Crippen molar-refractivity contribution in [2.24, 2.45) is 0 Å². The van der Waals surface area contributed by atoms with Gasteiger partial charge in [-0.15, -0.1) is 11.3 Å². The van der Waals surface area contributed by atoms with Crippen LogP contribution in [0.25, 0.3) is 0 Å². The maximum absolute atomic E-state index is 12.3. The van der Waals surface area contributed by atoms with Crippen molar-refractivity contribution < 1.29 is 9.72 Å². The highest BCUT2D eigenvalue weighted by molar-refractivity contribution is 7.10. The minimum absolute atomic E-state index is 0.00890. The Morgan fingerprint density at radius 1 is 1.33 bits per heavy atom. The molecule has 7 heteroatoms. The molecule has 0 saturated heterocycles. The van der Waals surface area contributed by atoms with Gasteiger partial charge in [0, 0.05) is 48.2 Å².